The summed E-state index contributed by atoms with van der Waals surface area (Å²) in [6.07, 6.45) is 6.91. The van der Waals surface area contributed by atoms with Crippen molar-refractivity contribution in [2.75, 3.05) is 26.3 Å². The molecule has 2 aliphatic carbocycles. The molecule has 0 bridgehead atoms. The molecule has 670 valence electrons. The van der Waals surface area contributed by atoms with Crippen LogP contribution in [0.5, 0.6) is 5.75 Å². The summed E-state index contributed by atoms with van der Waals surface area (Å²) in [5.41, 5.74) is 37.2. The van der Waals surface area contributed by atoms with Gasteiger partial charge in [0.05, 0.1) is 35.8 Å². The zero-order valence-corrected chi connectivity index (χ0v) is 73.2. The average molecular weight is 1790 g/mol. The number of carbonyl (C=O) groups is 4. The molecule has 10 aromatic rings. The van der Waals surface area contributed by atoms with E-state index in [1.807, 2.05) is 132 Å². The number of hydrogen-bond acceptors (Lipinski definition) is 14. The number of nitrogens with zero attached hydrogens (tertiary/aromatic N) is 4. The van der Waals surface area contributed by atoms with Crippen molar-refractivity contribution in [2.45, 2.75) is 194 Å². The Kier molecular flexibility index (Phi) is 32.9. The molecule has 0 spiro atoms. The monoisotopic (exact) mass is 1790 g/mol. The molecule has 10 N–H and O–H groups in total. The molecule has 127 heavy (non-hydrogen) atoms. The van der Waals surface area contributed by atoms with E-state index in [4.69, 9.17) is 44.0 Å². The third-order valence-electron chi connectivity index (χ3n) is 23.8. The molecule has 4 heterocycles. The number of carbonyl (C=O) groups excluding carboxylic acids is 4. The van der Waals surface area contributed by atoms with Crippen molar-refractivity contribution in [3.8, 4) is 5.75 Å². The van der Waals surface area contributed by atoms with Crippen molar-refractivity contribution in [1.29, 1.82) is 0 Å². The Balaban J connectivity index is 0.000000145. The number of nitrogens with two attached hydrogens (primary N) is 4. The van der Waals surface area contributed by atoms with Crippen LogP contribution in [0.3, 0.4) is 0 Å². The summed E-state index contributed by atoms with van der Waals surface area (Å²) in [6, 6.07) is 68.8. The minimum Gasteiger partial charge on any atom is -0.491 e. The number of benzene rings is 10. The van der Waals surface area contributed by atoms with Gasteiger partial charge < -0.3 is 52.0 Å². The molecule has 4 amide bonds. The van der Waals surface area contributed by atoms with Gasteiger partial charge in [-0.15, -0.1) is 0 Å². The van der Waals surface area contributed by atoms with E-state index in [2.05, 4.69) is 27.6 Å². The summed E-state index contributed by atoms with van der Waals surface area (Å²) in [7, 11) is -6.68. The van der Waals surface area contributed by atoms with Gasteiger partial charge >= 0.3 is 0 Å². The van der Waals surface area contributed by atoms with Crippen LogP contribution >= 0.6 is 11.6 Å². The number of ether oxygens (including phenoxy) is 2. The van der Waals surface area contributed by atoms with Gasteiger partial charge in [0.15, 0.2) is 0 Å². The van der Waals surface area contributed by atoms with Crippen molar-refractivity contribution in [3.05, 3.63) is 349 Å². The molecule has 2 saturated carbocycles. The molecular weight excluding hydrogens is 1680 g/mol. The van der Waals surface area contributed by atoms with Crippen LogP contribution in [0.2, 0.25) is 5.02 Å². The van der Waals surface area contributed by atoms with Crippen molar-refractivity contribution >= 4 is 55.3 Å². The van der Waals surface area contributed by atoms with Crippen LogP contribution in [0.15, 0.2) is 243 Å². The highest BCUT2D eigenvalue weighted by atomic mass is 35.5. The molecule has 6 aliphatic rings. The van der Waals surface area contributed by atoms with Crippen LogP contribution in [-0.2, 0) is 128 Å². The third-order valence-corrected chi connectivity index (χ3v) is 27.9. The van der Waals surface area contributed by atoms with Gasteiger partial charge in [-0.25, -0.2) is 48.2 Å². The third kappa shape index (κ3) is 27.3. The molecule has 0 radical (unpaired) electrons. The fraction of sp³-hybridized carbons (Fsp3) is 0.354. The Morgan fingerprint density at radius 1 is 0.370 bits per heavy atom. The first-order valence-corrected chi connectivity index (χ1v) is 46.7. The maximum atomic E-state index is 14.0. The Bertz CT molecular complexity index is 5670. The van der Waals surface area contributed by atoms with Crippen LogP contribution in [-0.4, -0.2) is 145 Å². The Morgan fingerprint density at radius 2 is 0.724 bits per heavy atom. The lowest BCUT2D eigenvalue weighted by atomic mass is 9.93. The topological polar surface area (TPSA) is 296 Å². The lowest BCUT2D eigenvalue weighted by Crippen LogP contribution is -2.51. The maximum absolute atomic E-state index is 14.0. The summed E-state index contributed by atoms with van der Waals surface area (Å²) < 4.78 is 135. The lowest BCUT2D eigenvalue weighted by Gasteiger charge is -2.37. The first-order valence-electron chi connectivity index (χ1n) is 43.2. The van der Waals surface area contributed by atoms with E-state index in [0.29, 0.717) is 119 Å². The van der Waals surface area contributed by atoms with Gasteiger partial charge in [-0.2, -0.15) is 0 Å². The molecule has 4 aliphatic heterocycles. The van der Waals surface area contributed by atoms with E-state index in [0.717, 1.165) is 69.1 Å². The predicted octanol–water partition coefficient (Wildman–Crippen LogP) is 13.4. The number of sulfonamides is 2. The van der Waals surface area contributed by atoms with Crippen molar-refractivity contribution in [1.82, 2.24) is 29.0 Å². The van der Waals surface area contributed by atoms with Crippen LogP contribution in [0.4, 0.5) is 22.0 Å². The summed E-state index contributed by atoms with van der Waals surface area (Å²) in [5.74, 6) is -2.08. The van der Waals surface area contributed by atoms with E-state index in [-0.39, 0.29) is 146 Å². The Labute approximate surface area is 745 Å². The summed E-state index contributed by atoms with van der Waals surface area (Å²) in [4.78, 5) is 59.9. The van der Waals surface area contributed by atoms with E-state index in [1.54, 1.807) is 69.3 Å². The normalized spacial score (nSPS) is 18.0. The number of hydrogen-bond donors (Lipinski definition) is 6. The molecule has 20 nitrogen and oxygen atoms in total. The second-order valence-electron chi connectivity index (χ2n) is 33.8. The largest absolute Gasteiger partial charge is 0.491 e. The van der Waals surface area contributed by atoms with Gasteiger partial charge in [0, 0.05) is 112 Å². The smallest absolute Gasteiger partial charge is 0.224 e. The van der Waals surface area contributed by atoms with Gasteiger partial charge in [0.2, 0.25) is 43.7 Å². The van der Waals surface area contributed by atoms with E-state index in [1.165, 1.54) is 35.4 Å². The van der Waals surface area contributed by atoms with Crippen molar-refractivity contribution in [2.24, 2.45) is 22.9 Å². The van der Waals surface area contributed by atoms with Gasteiger partial charge in [-0.05, 0) is 204 Å². The van der Waals surface area contributed by atoms with Crippen molar-refractivity contribution < 1.29 is 67.4 Å². The molecule has 0 aromatic heterocycles. The summed E-state index contributed by atoms with van der Waals surface area (Å²) in [5, 5.41) is 0.0300. The van der Waals surface area contributed by atoms with Crippen LogP contribution in [0.1, 0.15) is 124 Å². The molecule has 2 unspecified atom stereocenters. The van der Waals surface area contributed by atoms with Gasteiger partial charge in [0.1, 0.15) is 41.4 Å². The average Bonchev–Trinajstić information content (AvgIpc) is 1.35. The number of fused-ring (bicyclic) bond motifs is 4. The zero-order valence-electron chi connectivity index (χ0n) is 70.8. The first-order chi connectivity index (χ1) is 61.1. The Hall–Kier alpha value is -10.6. The highest BCUT2D eigenvalue weighted by Gasteiger charge is 2.41. The molecule has 28 heteroatoms. The first kappa shape index (κ1) is 94.1. The van der Waals surface area contributed by atoms with Gasteiger partial charge in [-0.1, -0.05) is 194 Å². The summed E-state index contributed by atoms with van der Waals surface area (Å²) in [6.45, 7) is 3.38. The highest BCUT2D eigenvalue weighted by molar-refractivity contribution is 7.90. The number of nitrogens with one attached hydrogen (secondary N) is 2. The van der Waals surface area contributed by atoms with E-state index < -0.39 is 49.8 Å². The fourth-order valence-electron chi connectivity index (χ4n) is 16.7. The molecule has 16 rings (SSSR count). The Morgan fingerprint density at radius 3 is 1.15 bits per heavy atom. The second kappa shape index (κ2) is 44.4. The quantitative estimate of drug-likeness (QED) is 0.0220. The number of rotatable bonds is 31. The fourth-order valence-corrected chi connectivity index (χ4v) is 19.8. The second-order valence-corrected chi connectivity index (χ2v) is 38.3. The minimum atomic E-state index is -3.38. The molecular formula is C99H110ClF5N10O10S2. The van der Waals surface area contributed by atoms with Crippen molar-refractivity contribution in [3.63, 3.8) is 0 Å². The maximum Gasteiger partial charge on any atom is 0.224 e. The number of halogens is 6. The summed E-state index contributed by atoms with van der Waals surface area (Å²) >= 11 is 6.05. The van der Waals surface area contributed by atoms with Crippen LogP contribution < -0.4 is 37.1 Å². The van der Waals surface area contributed by atoms with Crippen LogP contribution in [0, 0.1) is 29.1 Å². The van der Waals surface area contributed by atoms with Crippen LogP contribution in [0.25, 0.3) is 0 Å². The van der Waals surface area contributed by atoms with E-state index in [9.17, 15) is 58.0 Å². The predicted molar refractivity (Wildman–Crippen MR) is 482 cm³/mol. The molecule has 2 fully saturated rings. The highest BCUT2D eigenvalue weighted by Crippen LogP contribution is 2.34. The SMILES string of the molecule is NC(CC(=O)N1Cc2ccccc2C[C@H]1CNS(=O)(=O)C1CC1)Cc1cc(F)ccc1F.N[C@@H](CC(=O)N1Cc2ccccc2CC1COCc1ccccc1)Cc1ccccc1F.N[C@@H](CC(=O)N1Cc2ccccc2C[C@H]1CNS(=O)(=O)C1CC1)Cc1cccc(Cl)c1.N[C@@H](CC(=O)N1Cc2ccccc2C[C@H]1COc1cccc(F)c1)Cc1ccccc1F. The minimum absolute atomic E-state index is 0.0170. The molecule has 8 atom stereocenters. The van der Waals surface area contributed by atoms with Gasteiger partial charge in [0.25, 0.3) is 0 Å². The zero-order chi connectivity index (χ0) is 89.7. The lowest BCUT2D eigenvalue weighted by molar-refractivity contribution is -0.137. The molecule has 0 saturated heterocycles. The number of amides is 4. The van der Waals surface area contributed by atoms with Gasteiger partial charge in [-0.3, -0.25) is 19.2 Å². The standard InChI is InChI=1S/C27H29FN2O2.C26H26F2N2O2.C23H28ClN3O3S.C23H27F2N3O3S/c28-26-13-7-6-11-22(26)14-24(29)16-27(31)30-17-23-12-5-4-10-21(23)15-25(30)19-32-18-20-8-2-1-3-9-20;27-21-9-5-10-24(14-21)32-17-23-13-18-6-1-2-8-20(18)16-30(23)26(31)15-22(29)12-19-7-3-4-11-25(19)28;24-19-7-3-4-16(10-19)11-20(25)13-23(28)27-15-18-6-2-1-5-17(18)12-21(27)14-26-31(29,30)22-8-9-22;24-18-5-8-22(25)17(9-18)10-19(26)12-23(29)28-14-16-4-2-1-3-15(16)11-20(28)13-27-32(30,31)21-6-7-21/h1-13,24-25H,14-19,29H2;1-11,14,22-23H,12-13,15-17,29H2;1-7,10,20-22,26H,8-9,11-15,25H2;1-5,8-9,19-21,27H,6-7,10-14,26H2/t24-,25?;22-,23+;20-,21+;19?,20-/m1110/s1. The van der Waals surface area contributed by atoms with E-state index >= 15 is 0 Å². The molecule has 10 aromatic carbocycles.